The van der Waals surface area contributed by atoms with Gasteiger partial charge in [-0.25, -0.2) is 9.59 Å². The Morgan fingerprint density at radius 2 is 2.08 bits per heavy atom. The lowest BCUT2D eigenvalue weighted by Gasteiger charge is -2.27. The fraction of sp³-hybridized carbons (Fsp3) is 0.471. The molecule has 9 nitrogen and oxygen atoms in total. The van der Waals surface area contributed by atoms with E-state index in [1.165, 1.54) is 7.11 Å². The second-order valence-corrected chi connectivity index (χ2v) is 6.28. The molecule has 0 saturated heterocycles. The summed E-state index contributed by atoms with van der Waals surface area (Å²) in [6.07, 6.45) is 0.844. The summed E-state index contributed by atoms with van der Waals surface area (Å²) in [6, 6.07) is 1.66. The zero-order valence-electron chi connectivity index (χ0n) is 15.0. The molecule has 0 spiro atoms. The highest BCUT2D eigenvalue weighted by Gasteiger charge is 2.24. The Balaban J connectivity index is 1.66. The van der Waals surface area contributed by atoms with Crippen molar-refractivity contribution >= 4 is 11.9 Å². The Morgan fingerprint density at radius 1 is 1.31 bits per heavy atom. The molecule has 0 aliphatic carbocycles. The molecule has 0 aromatic carbocycles. The summed E-state index contributed by atoms with van der Waals surface area (Å²) in [5.41, 5.74) is 2.98. The number of aromatic nitrogens is 4. The average Bonchev–Trinajstić information content (AvgIpc) is 3.03. The predicted molar refractivity (Wildman–Crippen MR) is 91.6 cm³/mol. The lowest BCUT2D eigenvalue weighted by molar-refractivity contribution is -0.132. The first-order valence-corrected chi connectivity index (χ1v) is 8.38. The van der Waals surface area contributed by atoms with E-state index in [1.54, 1.807) is 22.6 Å². The fourth-order valence-corrected chi connectivity index (χ4v) is 3.20. The lowest BCUT2D eigenvalue weighted by atomic mass is 10.1. The Bertz CT molecular complexity index is 888. The molecule has 0 unspecified atom stereocenters. The third kappa shape index (κ3) is 3.51. The molecule has 26 heavy (non-hydrogen) atoms. The molecule has 1 amide bonds. The maximum absolute atomic E-state index is 12.6. The number of hydrogen-bond acceptors (Lipinski definition) is 6. The number of nitrogens with zero attached hydrogens (tertiary/aromatic N) is 4. The number of fused-ring (bicyclic) bond motifs is 1. The van der Waals surface area contributed by atoms with E-state index < -0.39 is 5.97 Å². The number of amides is 1. The van der Waals surface area contributed by atoms with Crippen LogP contribution in [0.4, 0.5) is 0 Å². The molecule has 1 N–H and O–H groups in total. The summed E-state index contributed by atoms with van der Waals surface area (Å²) in [7, 11) is 1.31. The topological polar surface area (TPSA) is 110 Å². The van der Waals surface area contributed by atoms with Crippen LogP contribution in [-0.2, 0) is 29.0 Å². The number of carbonyl (C=O) groups excluding carboxylic acids is 2. The van der Waals surface area contributed by atoms with Crippen molar-refractivity contribution in [1.82, 2.24) is 24.6 Å². The first-order chi connectivity index (χ1) is 12.4. The minimum Gasteiger partial charge on any atom is -0.464 e. The van der Waals surface area contributed by atoms with Crippen LogP contribution in [0.2, 0.25) is 0 Å². The van der Waals surface area contributed by atoms with Crippen molar-refractivity contribution in [2.75, 3.05) is 13.7 Å². The molecule has 0 radical (unpaired) electrons. The molecule has 3 rings (SSSR count). The third-order valence-corrected chi connectivity index (χ3v) is 4.59. The van der Waals surface area contributed by atoms with Gasteiger partial charge >= 0.3 is 11.7 Å². The van der Waals surface area contributed by atoms with Crippen molar-refractivity contribution < 1.29 is 14.3 Å². The van der Waals surface area contributed by atoms with E-state index >= 15 is 0 Å². The smallest absolute Gasteiger partial charge is 0.358 e. The largest absolute Gasteiger partial charge is 0.464 e. The molecule has 2 aromatic rings. The van der Waals surface area contributed by atoms with Gasteiger partial charge in [-0.2, -0.15) is 10.1 Å². The van der Waals surface area contributed by atoms with Crippen LogP contribution in [0, 0.1) is 13.8 Å². The van der Waals surface area contributed by atoms with Crippen LogP contribution in [0.25, 0.3) is 0 Å². The fourth-order valence-electron chi connectivity index (χ4n) is 3.20. The zero-order chi connectivity index (χ0) is 18.8. The van der Waals surface area contributed by atoms with Crippen molar-refractivity contribution in [3.8, 4) is 0 Å². The second-order valence-electron chi connectivity index (χ2n) is 6.28. The van der Waals surface area contributed by atoms with Gasteiger partial charge in [-0.1, -0.05) is 0 Å². The van der Waals surface area contributed by atoms with Crippen LogP contribution in [0.3, 0.4) is 0 Å². The predicted octanol–water partition coefficient (Wildman–Crippen LogP) is 0.345. The zero-order valence-corrected chi connectivity index (χ0v) is 15.0. The Labute approximate surface area is 150 Å². The van der Waals surface area contributed by atoms with E-state index in [9.17, 15) is 14.4 Å². The van der Waals surface area contributed by atoms with E-state index in [0.29, 0.717) is 38.2 Å². The molecule has 1 aliphatic heterocycles. The molecule has 9 heteroatoms. The number of carbonyl (C=O) groups is 2. The highest BCUT2D eigenvalue weighted by atomic mass is 16.5. The van der Waals surface area contributed by atoms with Gasteiger partial charge < -0.3 is 14.6 Å². The third-order valence-electron chi connectivity index (χ3n) is 4.59. The highest BCUT2D eigenvalue weighted by Crippen LogP contribution is 2.17. The van der Waals surface area contributed by atoms with Crippen LogP contribution in [0.1, 0.15) is 39.6 Å². The number of nitrogens with one attached hydrogen (secondary N) is 1. The van der Waals surface area contributed by atoms with Gasteiger partial charge in [0.15, 0.2) is 5.69 Å². The number of aryl methyl sites for hydroxylation is 2. The van der Waals surface area contributed by atoms with E-state index in [4.69, 9.17) is 0 Å². The van der Waals surface area contributed by atoms with E-state index in [2.05, 4.69) is 19.8 Å². The van der Waals surface area contributed by atoms with Crippen molar-refractivity contribution in [2.24, 2.45) is 0 Å². The number of hydrogen-bond donors (Lipinski definition) is 1. The maximum atomic E-state index is 12.6. The lowest BCUT2D eigenvalue weighted by Crippen LogP contribution is -2.38. The molecule has 1 aliphatic rings. The molecule has 3 heterocycles. The summed E-state index contributed by atoms with van der Waals surface area (Å²) in [5.74, 6) is -0.469. The number of ether oxygens (including phenoxy) is 1. The quantitative estimate of drug-likeness (QED) is 0.789. The standard InChI is InChI=1S/C17H21N5O4/c1-10-13(11(2)19-17(25)18-10)4-5-15(23)21-6-7-22-12(9-21)8-14(20-22)16(24)26-3/h8H,4-7,9H2,1-3H3,(H,18,19,25). The summed E-state index contributed by atoms with van der Waals surface area (Å²) >= 11 is 0. The van der Waals surface area contributed by atoms with Crippen molar-refractivity contribution in [3.63, 3.8) is 0 Å². The van der Waals surface area contributed by atoms with Crippen LogP contribution in [-0.4, -0.2) is 50.2 Å². The van der Waals surface area contributed by atoms with Crippen molar-refractivity contribution in [1.29, 1.82) is 0 Å². The normalized spacial score (nSPS) is 13.4. The number of rotatable bonds is 4. The van der Waals surface area contributed by atoms with Crippen molar-refractivity contribution in [2.45, 2.75) is 39.8 Å². The number of aromatic amines is 1. The molecular formula is C17H21N5O4. The first kappa shape index (κ1) is 17.8. The molecule has 138 valence electrons. The number of methoxy groups -OCH3 is 1. The van der Waals surface area contributed by atoms with Crippen LogP contribution in [0.5, 0.6) is 0 Å². The van der Waals surface area contributed by atoms with Gasteiger partial charge in [0, 0.05) is 24.4 Å². The molecule has 0 fully saturated rings. The van der Waals surface area contributed by atoms with Gasteiger partial charge in [-0.05, 0) is 31.9 Å². The van der Waals surface area contributed by atoms with E-state index in [1.807, 2.05) is 6.92 Å². The second kappa shape index (κ2) is 7.11. The molecule has 2 aromatic heterocycles. The Kier molecular flexibility index (Phi) is 4.88. The Hall–Kier alpha value is -2.97. The SMILES string of the molecule is COC(=O)c1cc2n(n1)CCN(C(=O)CCc1c(C)nc(=O)[nH]c1C)C2. The van der Waals surface area contributed by atoms with Crippen LogP contribution < -0.4 is 5.69 Å². The van der Waals surface area contributed by atoms with Crippen LogP contribution >= 0.6 is 0 Å². The van der Waals surface area contributed by atoms with Gasteiger partial charge in [-0.15, -0.1) is 0 Å². The number of esters is 1. The molecule has 0 saturated carbocycles. The van der Waals surface area contributed by atoms with E-state index in [-0.39, 0.29) is 17.3 Å². The minimum atomic E-state index is -0.485. The van der Waals surface area contributed by atoms with Gasteiger partial charge in [0.1, 0.15) is 0 Å². The van der Waals surface area contributed by atoms with Gasteiger partial charge in [0.2, 0.25) is 5.91 Å². The summed E-state index contributed by atoms with van der Waals surface area (Å²) < 4.78 is 6.41. The van der Waals surface area contributed by atoms with Gasteiger partial charge in [-0.3, -0.25) is 9.48 Å². The molecule has 0 atom stereocenters. The van der Waals surface area contributed by atoms with Gasteiger partial charge in [0.05, 0.1) is 25.9 Å². The van der Waals surface area contributed by atoms with E-state index in [0.717, 1.165) is 17.0 Å². The van der Waals surface area contributed by atoms with Crippen molar-refractivity contribution in [3.05, 3.63) is 44.9 Å². The van der Waals surface area contributed by atoms with Gasteiger partial charge in [0.25, 0.3) is 0 Å². The summed E-state index contributed by atoms with van der Waals surface area (Å²) in [5, 5.41) is 4.20. The maximum Gasteiger partial charge on any atom is 0.358 e. The molecular weight excluding hydrogens is 338 g/mol. The highest BCUT2D eigenvalue weighted by molar-refractivity contribution is 5.87. The summed E-state index contributed by atoms with van der Waals surface area (Å²) in [6.45, 7) is 5.07. The minimum absolute atomic E-state index is 0.0158. The summed E-state index contributed by atoms with van der Waals surface area (Å²) in [4.78, 5) is 43.8. The van der Waals surface area contributed by atoms with Crippen LogP contribution in [0.15, 0.2) is 10.9 Å². The Morgan fingerprint density at radius 3 is 2.77 bits per heavy atom. The monoisotopic (exact) mass is 359 g/mol. The molecule has 0 bridgehead atoms. The number of H-pyrrole nitrogens is 1. The average molecular weight is 359 g/mol. The first-order valence-electron chi connectivity index (χ1n) is 8.38.